The van der Waals surface area contributed by atoms with Crippen LogP contribution in [0.5, 0.6) is 0 Å². The second kappa shape index (κ2) is 11.1. The number of ether oxygens (including phenoxy) is 2. The average molecular weight is 284 g/mol. The third-order valence-corrected chi connectivity index (χ3v) is 4.40. The van der Waals surface area contributed by atoms with E-state index in [0.29, 0.717) is 6.79 Å². The molecule has 0 aliphatic heterocycles. The van der Waals surface area contributed by atoms with Crippen LogP contribution in [-0.4, -0.2) is 33.9 Å². The zero-order chi connectivity index (χ0) is 14.6. The van der Waals surface area contributed by atoms with Gasteiger partial charge in [-0.05, 0) is 31.4 Å². The molecular weight excluding hydrogens is 256 g/mol. The molecule has 0 spiro atoms. The Hall–Kier alpha value is -0.713. The van der Waals surface area contributed by atoms with Gasteiger partial charge in [0.05, 0.1) is 6.10 Å². The lowest BCUT2D eigenvalue weighted by molar-refractivity contribution is -0.104. The Kier molecular flexibility index (Phi) is 10.7. The Morgan fingerprint density at radius 2 is 2.05 bits per heavy atom. The molecule has 0 aromatic carbocycles. The van der Waals surface area contributed by atoms with E-state index in [0.717, 1.165) is 38.2 Å². The van der Waals surface area contributed by atoms with Crippen LogP contribution in [0.3, 0.4) is 0 Å². The van der Waals surface area contributed by atoms with Gasteiger partial charge < -0.3 is 9.47 Å². The molecule has 0 fully saturated rings. The highest BCUT2D eigenvalue weighted by Crippen LogP contribution is 2.09. The molecule has 1 atom stereocenters. The number of allylic oxidation sites excluding steroid dienone is 2. The van der Waals surface area contributed by atoms with Gasteiger partial charge in [-0.15, -0.1) is 6.58 Å². The summed E-state index contributed by atoms with van der Waals surface area (Å²) in [7, 11) is -1.01. The van der Waals surface area contributed by atoms with E-state index in [9.17, 15) is 4.79 Å². The van der Waals surface area contributed by atoms with Crippen molar-refractivity contribution in [3.05, 3.63) is 24.8 Å². The molecule has 4 heteroatoms. The first kappa shape index (κ1) is 18.3. The van der Waals surface area contributed by atoms with E-state index in [2.05, 4.69) is 26.2 Å². The Balaban J connectivity index is 3.56. The van der Waals surface area contributed by atoms with Crippen LogP contribution in [0.25, 0.3) is 0 Å². The molecule has 3 nitrogen and oxygen atoms in total. The molecule has 0 amide bonds. The maximum atomic E-state index is 10.1. The zero-order valence-electron chi connectivity index (χ0n) is 12.6. The minimum absolute atomic E-state index is 0.0384. The first-order valence-electron chi connectivity index (χ1n) is 6.92. The van der Waals surface area contributed by atoms with Crippen molar-refractivity contribution in [2.24, 2.45) is 0 Å². The van der Waals surface area contributed by atoms with Crippen LogP contribution in [-0.2, 0) is 14.3 Å². The lowest BCUT2D eigenvalue weighted by Gasteiger charge is -2.17. The van der Waals surface area contributed by atoms with Crippen LogP contribution in [0.1, 0.15) is 19.3 Å². The van der Waals surface area contributed by atoms with Gasteiger partial charge in [-0.1, -0.05) is 31.8 Å². The molecular formula is C15H28O3Si. The second-order valence-electron chi connectivity index (χ2n) is 5.77. The summed E-state index contributed by atoms with van der Waals surface area (Å²) >= 11 is 0. The van der Waals surface area contributed by atoms with Crippen LogP contribution in [0.15, 0.2) is 24.8 Å². The molecule has 0 N–H and O–H groups in total. The molecule has 19 heavy (non-hydrogen) atoms. The number of rotatable bonds is 12. The maximum Gasteiger partial charge on any atom is 0.147 e. The zero-order valence-corrected chi connectivity index (χ0v) is 13.6. The van der Waals surface area contributed by atoms with Crippen molar-refractivity contribution in [2.45, 2.75) is 51.1 Å². The van der Waals surface area contributed by atoms with Gasteiger partial charge in [0.2, 0.25) is 0 Å². The highest BCUT2D eigenvalue weighted by atomic mass is 28.3. The summed E-state index contributed by atoms with van der Waals surface area (Å²) in [5, 5.41) is 0. The summed E-state index contributed by atoms with van der Waals surface area (Å²) in [4.78, 5) is 10.1. The fraction of sp³-hybridized carbons (Fsp3) is 0.667. The largest absolute Gasteiger partial charge is 0.356 e. The maximum absolute atomic E-state index is 10.1. The Morgan fingerprint density at radius 3 is 2.63 bits per heavy atom. The van der Waals surface area contributed by atoms with Gasteiger partial charge in [0.1, 0.15) is 13.1 Å². The van der Waals surface area contributed by atoms with E-state index in [4.69, 9.17) is 9.47 Å². The minimum atomic E-state index is -1.01. The monoisotopic (exact) mass is 284 g/mol. The van der Waals surface area contributed by atoms with Gasteiger partial charge in [-0.3, -0.25) is 4.79 Å². The smallest absolute Gasteiger partial charge is 0.147 e. The molecule has 110 valence electrons. The van der Waals surface area contributed by atoms with Crippen molar-refractivity contribution >= 4 is 14.4 Å². The highest BCUT2D eigenvalue weighted by Gasteiger charge is 2.12. The van der Waals surface area contributed by atoms with Crippen molar-refractivity contribution in [3.8, 4) is 0 Å². The third kappa shape index (κ3) is 13.5. The van der Waals surface area contributed by atoms with Crippen LogP contribution in [0.2, 0.25) is 25.7 Å². The number of aldehydes is 1. The van der Waals surface area contributed by atoms with E-state index in [1.807, 2.05) is 12.2 Å². The van der Waals surface area contributed by atoms with Gasteiger partial charge in [0.25, 0.3) is 0 Å². The lowest BCUT2D eigenvalue weighted by atomic mass is 10.1. The van der Waals surface area contributed by atoms with E-state index in [1.165, 1.54) is 6.08 Å². The van der Waals surface area contributed by atoms with Gasteiger partial charge in [0.15, 0.2) is 0 Å². The van der Waals surface area contributed by atoms with Crippen LogP contribution < -0.4 is 0 Å². The minimum Gasteiger partial charge on any atom is -0.356 e. The SMILES string of the molecule is C=C[C@@H](CCC/C=C/C=O)OCOCC[Si](C)(C)C. The number of unbranched alkanes of at least 4 members (excludes halogenated alkanes) is 1. The molecule has 0 aromatic rings. The molecule has 0 heterocycles. The number of hydrogen-bond donors (Lipinski definition) is 0. The fourth-order valence-corrected chi connectivity index (χ4v) is 2.19. The number of carbonyl (C=O) groups excluding carboxylic acids is 1. The van der Waals surface area contributed by atoms with E-state index in [1.54, 1.807) is 0 Å². The highest BCUT2D eigenvalue weighted by molar-refractivity contribution is 6.76. The molecule has 0 aromatic heterocycles. The molecule has 0 saturated heterocycles. The Labute approximate surface area is 118 Å². The summed E-state index contributed by atoms with van der Waals surface area (Å²) in [5.74, 6) is 0. The molecule has 0 saturated carbocycles. The topological polar surface area (TPSA) is 35.5 Å². The standard InChI is InChI=1S/C15H28O3Si/c1-5-15(10-8-6-7-9-11-16)18-14-17-12-13-19(2,3)4/h5,7,9,11,15H,1,6,8,10,12-14H2,2-4H3/b9-7+/t15-/m0/s1. The van der Waals surface area contributed by atoms with Gasteiger partial charge in [-0.25, -0.2) is 0 Å². The van der Waals surface area contributed by atoms with Gasteiger partial charge >= 0.3 is 0 Å². The average Bonchev–Trinajstić information content (AvgIpc) is 2.34. The first-order valence-corrected chi connectivity index (χ1v) is 10.6. The van der Waals surface area contributed by atoms with Crippen molar-refractivity contribution in [1.82, 2.24) is 0 Å². The van der Waals surface area contributed by atoms with Gasteiger partial charge in [0, 0.05) is 14.7 Å². The van der Waals surface area contributed by atoms with Crippen molar-refractivity contribution in [1.29, 1.82) is 0 Å². The first-order chi connectivity index (χ1) is 8.99. The summed E-state index contributed by atoms with van der Waals surface area (Å²) in [6.45, 7) is 11.9. The molecule has 0 radical (unpaired) electrons. The summed E-state index contributed by atoms with van der Waals surface area (Å²) in [6.07, 6.45) is 8.83. The fourth-order valence-electron chi connectivity index (χ4n) is 1.43. The number of hydrogen-bond acceptors (Lipinski definition) is 3. The normalized spacial score (nSPS) is 13.6. The predicted molar refractivity (Wildman–Crippen MR) is 83.1 cm³/mol. The summed E-state index contributed by atoms with van der Waals surface area (Å²) < 4.78 is 11.1. The second-order valence-corrected chi connectivity index (χ2v) is 11.4. The van der Waals surface area contributed by atoms with Crippen molar-refractivity contribution < 1.29 is 14.3 Å². The van der Waals surface area contributed by atoms with E-state index >= 15 is 0 Å². The summed E-state index contributed by atoms with van der Waals surface area (Å²) in [5.41, 5.74) is 0. The Bertz CT molecular complexity index is 269. The van der Waals surface area contributed by atoms with Crippen LogP contribution in [0.4, 0.5) is 0 Å². The van der Waals surface area contributed by atoms with Gasteiger partial charge in [-0.2, -0.15) is 0 Å². The summed E-state index contributed by atoms with van der Waals surface area (Å²) in [6, 6.07) is 1.16. The van der Waals surface area contributed by atoms with Crippen LogP contribution in [0, 0.1) is 0 Å². The van der Waals surface area contributed by atoms with E-state index < -0.39 is 8.07 Å². The number of carbonyl (C=O) groups is 1. The van der Waals surface area contributed by atoms with Crippen molar-refractivity contribution in [2.75, 3.05) is 13.4 Å². The quantitative estimate of drug-likeness (QED) is 0.137. The van der Waals surface area contributed by atoms with Crippen molar-refractivity contribution in [3.63, 3.8) is 0 Å². The van der Waals surface area contributed by atoms with E-state index in [-0.39, 0.29) is 6.10 Å². The lowest BCUT2D eigenvalue weighted by Crippen LogP contribution is -2.22. The molecule has 0 bridgehead atoms. The molecule has 0 aliphatic rings. The molecule has 0 unspecified atom stereocenters. The predicted octanol–water partition coefficient (Wildman–Crippen LogP) is 3.80. The third-order valence-electron chi connectivity index (χ3n) is 2.70. The van der Waals surface area contributed by atoms with Crippen LogP contribution >= 0.6 is 0 Å². The molecule has 0 rings (SSSR count). The Morgan fingerprint density at radius 1 is 1.32 bits per heavy atom. The molecule has 0 aliphatic carbocycles.